The number of fused-ring (bicyclic) bond motifs is 1. The van der Waals surface area contributed by atoms with Crippen LogP contribution in [0, 0.1) is 17.1 Å². The Kier molecular flexibility index (Phi) is 2.81. The van der Waals surface area contributed by atoms with E-state index in [1.54, 1.807) is 28.8 Å². The molecule has 2 N–H and O–H groups in total. The van der Waals surface area contributed by atoms with Crippen molar-refractivity contribution in [3.05, 3.63) is 52.9 Å². The second-order valence-electron chi connectivity index (χ2n) is 4.20. The normalized spacial score (nSPS) is 10.7. The van der Waals surface area contributed by atoms with Crippen molar-refractivity contribution in [3.8, 4) is 17.3 Å². The van der Waals surface area contributed by atoms with Crippen molar-refractivity contribution in [1.29, 1.82) is 5.26 Å². The molecule has 0 fully saturated rings. The van der Waals surface area contributed by atoms with E-state index in [2.05, 4.69) is 4.98 Å². The summed E-state index contributed by atoms with van der Waals surface area (Å²) in [5.74, 6) is -0.186. The van der Waals surface area contributed by atoms with E-state index in [-0.39, 0.29) is 5.56 Å². The fraction of sp³-hybridized carbons (Fsp3) is 0. The van der Waals surface area contributed by atoms with Gasteiger partial charge >= 0.3 is 0 Å². The Bertz CT molecular complexity index is 863. The molecule has 0 aliphatic carbocycles. The van der Waals surface area contributed by atoms with E-state index in [0.29, 0.717) is 27.7 Å². The minimum atomic E-state index is -0.573. The van der Waals surface area contributed by atoms with Gasteiger partial charge in [-0.3, -0.25) is 4.40 Å². The maximum Gasteiger partial charge on any atom is 0.157 e. The summed E-state index contributed by atoms with van der Waals surface area (Å²) in [6, 6.07) is 9.42. The van der Waals surface area contributed by atoms with Crippen LogP contribution in [0.3, 0.4) is 0 Å². The predicted molar refractivity (Wildman–Crippen MR) is 74.7 cm³/mol. The van der Waals surface area contributed by atoms with Crippen LogP contribution in [0.15, 0.2) is 36.5 Å². The van der Waals surface area contributed by atoms with E-state index in [4.69, 9.17) is 22.6 Å². The van der Waals surface area contributed by atoms with Crippen LogP contribution in [-0.2, 0) is 0 Å². The van der Waals surface area contributed by atoms with Crippen molar-refractivity contribution in [2.24, 2.45) is 0 Å². The van der Waals surface area contributed by atoms with Gasteiger partial charge in [0.2, 0.25) is 0 Å². The lowest BCUT2D eigenvalue weighted by Crippen LogP contribution is -1.94. The molecule has 0 aliphatic rings. The van der Waals surface area contributed by atoms with Gasteiger partial charge in [0.25, 0.3) is 0 Å². The van der Waals surface area contributed by atoms with Gasteiger partial charge in [-0.05, 0) is 30.3 Å². The van der Waals surface area contributed by atoms with Crippen LogP contribution in [0.1, 0.15) is 5.56 Å². The Morgan fingerprint density at radius 2 is 2.15 bits per heavy atom. The highest BCUT2D eigenvalue weighted by molar-refractivity contribution is 6.33. The summed E-state index contributed by atoms with van der Waals surface area (Å²) < 4.78 is 15.0. The second kappa shape index (κ2) is 4.51. The van der Waals surface area contributed by atoms with Crippen LogP contribution in [-0.4, -0.2) is 9.38 Å². The van der Waals surface area contributed by atoms with E-state index in [9.17, 15) is 4.39 Å². The van der Waals surface area contributed by atoms with Gasteiger partial charge in [0, 0.05) is 11.8 Å². The van der Waals surface area contributed by atoms with E-state index in [0.717, 1.165) is 0 Å². The van der Waals surface area contributed by atoms with Gasteiger partial charge in [-0.15, -0.1) is 0 Å². The van der Waals surface area contributed by atoms with E-state index < -0.39 is 5.82 Å². The van der Waals surface area contributed by atoms with Crippen LogP contribution in [0.25, 0.3) is 16.9 Å². The number of nitrogens with zero attached hydrogens (tertiary/aromatic N) is 3. The maximum absolute atomic E-state index is 13.4. The highest BCUT2D eigenvalue weighted by Gasteiger charge is 2.14. The molecule has 2 aromatic heterocycles. The SMILES string of the molecule is N#Cc1cc(-c2nc3c(Cl)cccn3c2N)ccc1F. The van der Waals surface area contributed by atoms with E-state index >= 15 is 0 Å². The molecule has 1 aromatic carbocycles. The van der Waals surface area contributed by atoms with Crippen molar-refractivity contribution in [3.63, 3.8) is 0 Å². The molecule has 20 heavy (non-hydrogen) atoms. The zero-order chi connectivity index (χ0) is 14.3. The fourth-order valence-corrected chi connectivity index (χ4v) is 2.23. The molecule has 2 heterocycles. The van der Waals surface area contributed by atoms with Crippen LogP contribution in [0.4, 0.5) is 10.2 Å². The molecule has 4 nitrogen and oxygen atoms in total. The molecule has 0 saturated carbocycles. The first-order valence-corrected chi connectivity index (χ1v) is 6.11. The number of hydrogen-bond acceptors (Lipinski definition) is 3. The number of rotatable bonds is 1. The third kappa shape index (κ3) is 1.78. The Morgan fingerprint density at radius 3 is 2.85 bits per heavy atom. The van der Waals surface area contributed by atoms with Crippen molar-refractivity contribution >= 4 is 23.1 Å². The standard InChI is InChI=1S/C14H8ClFN4/c15-10-2-1-5-20-13(18)12(19-14(10)20)8-3-4-11(16)9(6-8)7-17/h1-6H,18H2. The summed E-state index contributed by atoms with van der Waals surface area (Å²) in [6.45, 7) is 0. The van der Waals surface area contributed by atoms with E-state index in [1.807, 2.05) is 0 Å². The smallest absolute Gasteiger partial charge is 0.157 e. The Balaban J connectivity index is 2.28. The molecule has 98 valence electrons. The fourth-order valence-electron chi connectivity index (χ4n) is 2.02. The number of nitriles is 1. The minimum absolute atomic E-state index is 0.0509. The largest absolute Gasteiger partial charge is 0.383 e. The zero-order valence-electron chi connectivity index (χ0n) is 10.1. The molecule has 0 amide bonds. The molecule has 3 aromatic rings. The minimum Gasteiger partial charge on any atom is -0.383 e. The summed E-state index contributed by atoms with van der Waals surface area (Å²) in [7, 11) is 0. The van der Waals surface area contributed by atoms with Crippen molar-refractivity contribution in [1.82, 2.24) is 9.38 Å². The number of nitrogen functional groups attached to an aromatic ring is 1. The number of nitrogens with two attached hydrogens (primary N) is 1. The van der Waals surface area contributed by atoms with Crippen LogP contribution in [0.5, 0.6) is 0 Å². The van der Waals surface area contributed by atoms with Gasteiger partial charge in [-0.25, -0.2) is 9.37 Å². The molecule has 3 rings (SSSR count). The first-order chi connectivity index (χ1) is 9.61. The zero-order valence-corrected chi connectivity index (χ0v) is 10.9. The quantitative estimate of drug-likeness (QED) is 0.746. The van der Waals surface area contributed by atoms with Crippen LogP contribution < -0.4 is 5.73 Å². The maximum atomic E-state index is 13.4. The summed E-state index contributed by atoms with van der Waals surface area (Å²) in [5, 5.41) is 9.34. The molecule has 0 aliphatic heterocycles. The molecule has 0 unspecified atom stereocenters. The molecular formula is C14H8ClFN4. The third-order valence-corrected chi connectivity index (χ3v) is 3.29. The van der Waals surface area contributed by atoms with Gasteiger partial charge in [0.05, 0.1) is 10.6 Å². The van der Waals surface area contributed by atoms with Crippen molar-refractivity contribution in [2.45, 2.75) is 0 Å². The highest BCUT2D eigenvalue weighted by atomic mass is 35.5. The summed E-state index contributed by atoms with van der Waals surface area (Å²) in [4.78, 5) is 4.36. The average Bonchev–Trinajstić information content (AvgIpc) is 2.79. The highest BCUT2D eigenvalue weighted by Crippen LogP contribution is 2.30. The van der Waals surface area contributed by atoms with Gasteiger partial charge in [-0.1, -0.05) is 11.6 Å². The topological polar surface area (TPSA) is 67.1 Å². The van der Waals surface area contributed by atoms with E-state index in [1.165, 1.54) is 18.2 Å². The van der Waals surface area contributed by atoms with Crippen molar-refractivity contribution < 1.29 is 4.39 Å². The van der Waals surface area contributed by atoms with Gasteiger partial charge < -0.3 is 5.73 Å². The van der Waals surface area contributed by atoms with Gasteiger partial charge in [0.1, 0.15) is 23.4 Å². The monoisotopic (exact) mass is 286 g/mol. The number of hydrogen-bond donors (Lipinski definition) is 1. The number of halogens is 2. The Labute approximate surface area is 118 Å². The van der Waals surface area contributed by atoms with Crippen molar-refractivity contribution in [2.75, 3.05) is 5.73 Å². The van der Waals surface area contributed by atoms with Gasteiger partial charge in [-0.2, -0.15) is 5.26 Å². The summed E-state index contributed by atoms with van der Waals surface area (Å²) in [6.07, 6.45) is 1.74. The number of benzene rings is 1. The molecule has 0 radical (unpaired) electrons. The summed E-state index contributed by atoms with van der Waals surface area (Å²) >= 11 is 6.06. The predicted octanol–water partition coefficient (Wildman–Crippen LogP) is 3.25. The number of aromatic nitrogens is 2. The summed E-state index contributed by atoms with van der Waals surface area (Å²) in [5.41, 5.74) is 7.54. The average molecular weight is 287 g/mol. The molecule has 0 saturated heterocycles. The number of imidazole rings is 1. The lowest BCUT2D eigenvalue weighted by atomic mass is 10.1. The van der Waals surface area contributed by atoms with Gasteiger partial charge in [0.15, 0.2) is 5.65 Å². The lowest BCUT2D eigenvalue weighted by Gasteiger charge is -2.01. The number of pyridine rings is 1. The first-order valence-electron chi connectivity index (χ1n) is 5.74. The first kappa shape index (κ1) is 12.5. The second-order valence-corrected chi connectivity index (χ2v) is 4.61. The van der Waals surface area contributed by atoms with Crippen LogP contribution in [0.2, 0.25) is 5.02 Å². The molecular weight excluding hydrogens is 279 g/mol. The molecule has 0 bridgehead atoms. The Hall–Kier alpha value is -2.58. The lowest BCUT2D eigenvalue weighted by molar-refractivity contribution is 0.624. The molecule has 0 atom stereocenters. The third-order valence-electron chi connectivity index (χ3n) is 3.00. The number of anilines is 1. The van der Waals surface area contributed by atoms with Crippen LogP contribution >= 0.6 is 11.6 Å². The molecule has 6 heteroatoms. The molecule has 0 spiro atoms. The Morgan fingerprint density at radius 1 is 1.35 bits per heavy atom.